The number of furan rings is 1. The Bertz CT molecular complexity index is 1490. The van der Waals surface area contributed by atoms with Crippen molar-refractivity contribution in [3.8, 4) is 22.6 Å². The fraction of sp³-hybridized carbons (Fsp3) is 0.214. The van der Waals surface area contributed by atoms with Gasteiger partial charge in [0.1, 0.15) is 42.5 Å². The summed E-state index contributed by atoms with van der Waals surface area (Å²) in [5.74, 6) is 1.66. The summed E-state index contributed by atoms with van der Waals surface area (Å²) in [6.07, 6.45) is 2.21. The van der Waals surface area contributed by atoms with Gasteiger partial charge in [-0.3, -0.25) is 0 Å². The van der Waals surface area contributed by atoms with Gasteiger partial charge in [0.15, 0.2) is 0 Å². The van der Waals surface area contributed by atoms with Crippen molar-refractivity contribution in [2.75, 3.05) is 26.4 Å². The number of epoxide rings is 2. The molecule has 5 aromatic rings. The molecule has 2 saturated heterocycles. The first-order valence-electron chi connectivity index (χ1n) is 11.3. The van der Waals surface area contributed by atoms with Gasteiger partial charge in [-0.2, -0.15) is 0 Å². The average molecular weight is 438 g/mol. The Kier molecular flexibility index (Phi) is 4.32. The van der Waals surface area contributed by atoms with Crippen LogP contribution in [0.3, 0.4) is 0 Å². The Morgan fingerprint density at radius 2 is 1.27 bits per heavy atom. The number of hydrogen-bond acceptors (Lipinski definition) is 5. The molecule has 3 heterocycles. The quantitative estimate of drug-likeness (QED) is 0.232. The Balaban J connectivity index is 1.50. The van der Waals surface area contributed by atoms with Crippen LogP contribution < -0.4 is 9.47 Å². The third kappa shape index (κ3) is 3.32. The minimum absolute atomic E-state index is 0.179. The van der Waals surface area contributed by atoms with Gasteiger partial charge in [-0.05, 0) is 22.9 Å². The molecule has 1 aromatic heterocycles. The number of rotatable bonds is 7. The Morgan fingerprint density at radius 1 is 0.636 bits per heavy atom. The molecule has 0 amide bonds. The van der Waals surface area contributed by atoms with Crippen molar-refractivity contribution in [3.05, 3.63) is 73.0 Å². The molecule has 7 rings (SSSR count). The average Bonchev–Trinajstić information content (AvgIpc) is 3.80. The maximum Gasteiger partial charge on any atom is 0.143 e. The zero-order valence-corrected chi connectivity index (χ0v) is 18.0. The first-order valence-corrected chi connectivity index (χ1v) is 11.3. The molecule has 0 bridgehead atoms. The van der Waals surface area contributed by atoms with Gasteiger partial charge < -0.3 is 23.4 Å². The van der Waals surface area contributed by atoms with E-state index in [2.05, 4.69) is 36.4 Å². The number of para-hydroxylation sites is 1. The monoisotopic (exact) mass is 438 g/mol. The predicted octanol–water partition coefficient (Wildman–Crippen LogP) is 5.96. The molecule has 164 valence electrons. The van der Waals surface area contributed by atoms with E-state index in [-0.39, 0.29) is 12.2 Å². The van der Waals surface area contributed by atoms with E-state index in [0.717, 1.165) is 68.4 Å². The van der Waals surface area contributed by atoms with Gasteiger partial charge in [-0.1, -0.05) is 54.6 Å². The summed E-state index contributed by atoms with van der Waals surface area (Å²) in [5.41, 5.74) is 2.84. The Hall–Kier alpha value is -3.54. The van der Waals surface area contributed by atoms with Crippen molar-refractivity contribution < 1.29 is 23.4 Å². The molecule has 4 aromatic carbocycles. The summed E-state index contributed by atoms with van der Waals surface area (Å²) in [5, 5.41) is 5.45. The second-order valence-corrected chi connectivity index (χ2v) is 8.61. The third-order valence-corrected chi connectivity index (χ3v) is 6.36. The number of ether oxygens (including phenoxy) is 4. The van der Waals surface area contributed by atoms with E-state index in [0.29, 0.717) is 13.2 Å². The number of fused-ring (bicyclic) bond motifs is 6. The molecule has 33 heavy (non-hydrogen) atoms. The highest BCUT2D eigenvalue weighted by atomic mass is 16.6. The molecule has 2 aliphatic rings. The SMILES string of the molecule is c1ccc(-c2coc3c4ccccc4c4cccc(OCC5CO5)c4c23)c(OCC2CO2)c1. The Labute approximate surface area is 190 Å². The van der Waals surface area contributed by atoms with Crippen LogP contribution in [-0.4, -0.2) is 38.6 Å². The molecule has 2 unspecified atom stereocenters. The van der Waals surface area contributed by atoms with E-state index >= 15 is 0 Å². The summed E-state index contributed by atoms with van der Waals surface area (Å²) in [6.45, 7) is 2.61. The van der Waals surface area contributed by atoms with Crippen molar-refractivity contribution in [1.82, 2.24) is 0 Å². The minimum Gasteiger partial charge on any atom is -0.490 e. The predicted molar refractivity (Wildman–Crippen MR) is 127 cm³/mol. The van der Waals surface area contributed by atoms with Crippen LogP contribution >= 0.6 is 0 Å². The maximum absolute atomic E-state index is 6.26. The van der Waals surface area contributed by atoms with Gasteiger partial charge in [0.25, 0.3) is 0 Å². The van der Waals surface area contributed by atoms with Crippen LogP contribution in [0.4, 0.5) is 0 Å². The lowest BCUT2D eigenvalue weighted by Crippen LogP contribution is -2.05. The largest absolute Gasteiger partial charge is 0.490 e. The van der Waals surface area contributed by atoms with Crippen LogP contribution in [0.15, 0.2) is 77.4 Å². The summed E-state index contributed by atoms with van der Waals surface area (Å²) < 4.78 is 29.4. The van der Waals surface area contributed by atoms with Gasteiger partial charge in [0.2, 0.25) is 0 Å². The summed E-state index contributed by atoms with van der Waals surface area (Å²) in [4.78, 5) is 0. The number of hydrogen-bond donors (Lipinski definition) is 0. The highest BCUT2D eigenvalue weighted by molar-refractivity contribution is 6.28. The Morgan fingerprint density at radius 3 is 2.06 bits per heavy atom. The zero-order valence-electron chi connectivity index (χ0n) is 18.0. The highest BCUT2D eigenvalue weighted by Gasteiger charge is 2.26. The first-order chi connectivity index (χ1) is 16.4. The van der Waals surface area contributed by atoms with E-state index in [4.69, 9.17) is 23.4 Å². The van der Waals surface area contributed by atoms with Crippen molar-refractivity contribution in [3.63, 3.8) is 0 Å². The first kappa shape index (κ1) is 19.0. The van der Waals surface area contributed by atoms with Crippen molar-refractivity contribution in [2.45, 2.75) is 12.2 Å². The van der Waals surface area contributed by atoms with Gasteiger partial charge in [-0.15, -0.1) is 0 Å². The van der Waals surface area contributed by atoms with E-state index < -0.39 is 0 Å². The summed E-state index contributed by atoms with van der Waals surface area (Å²) in [7, 11) is 0. The molecule has 2 atom stereocenters. The fourth-order valence-corrected chi connectivity index (χ4v) is 4.56. The second kappa shape index (κ2) is 7.51. The molecule has 5 nitrogen and oxygen atoms in total. The lowest BCUT2D eigenvalue weighted by atomic mass is 9.94. The summed E-state index contributed by atoms with van der Waals surface area (Å²) >= 11 is 0. The molecule has 0 aliphatic carbocycles. The third-order valence-electron chi connectivity index (χ3n) is 6.36. The van der Waals surface area contributed by atoms with Crippen molar-refractivity contribution in [1.29, 1.82) is 0 Å². The van der Waals surface area contributed by atoms with E-state index in [9.17, 15) is 0 Å². The molecule has 2 aliphatic heterocycles. The highest BCUT2D eigenvalue weighted by Crippen LogP contribution is 2.46. The van der Waals surface area contributed by atoms with Crippen LogP contribution in [0.2, 0.25) is 0 Å². The van der Waals surface area contributed by atoms with Gasteiger partial charge in [0, 0.05) is 27.3 Å². The van der Waals surface area contributed by atoms with Crippen LogP contribution in [0.25, 0.3) is 43.6 Å². The topological polar surface area (TPSA) is 56.7 Å². The maximum atomic E-state index is 6.26. The van der Waals surface area contributed by atoms with E-state index in [1.807, 2.05) is 36.6 Å². The molecular formula is C28H22O5. The standard InChI is InChI=1S/C28H22O5/c1-2-8-22-19(6-1)21-9-5-11-25(32-15-18-13-30-18)26(21)27-23(16-33-28(22)27)20-7-3-4-10-24(20)31-14-17-12-29-17/h1-11,16-18H,12-15H2. The van der Waals surface area contributed by atoms with Crippen molar-refractivity contribution >= 4 is 32.5 Å². The van der Waals surface area contributed by atoms with Crippen LogP contribution in [-0.2, 0) is 9.47 Å². The van der Waals surface area contributed by atoms with Crippen LogP contribution in [0.5, 0.6) is 11.5 Å². The molecular weight excluding hydrogens is 416 g/mol. The van der Waals surface area contributed by atoms with Crippen LogP contribution in [0, 0.1) is 0 Å². The minimum atomic E-state index is 0.179. The molecule has 0 N–H and O–H groups in total. The van der Waals surface area contributed by atoms with Gasteiger partial charge >= 0.3 is 0 Å². The van der Waals surface area contributed by atoms with E-state index in [1.54, 1.807) is 0 Å². The molecule has 0 radical (unpaired) electrons. The van der Waals surface area contributed by atoms with Gasteiger partial charge in [0.05, 0.1) is 19.5 Å². The van der Waals surface area contributed by atoms with E-state index in [1.165, 1.54) is 0 Å². The second-order valence-electron chi connectivity index (χ2n) is 8.61. The fourth-order valence-electron chi connectivity index (χ4n) is 4.56. The lowest BCUT2D eigenvalue weighted by Gasteiger charge is -2.14. The zero-order chi connectivity index (χ0) is 21.8. The normalized spacial score (nSPS) is 19.3. The molecule has 0 saturated carbocycles. The van der Waals surface area contributed by atoms with Gasteiger partial charge in [-0.25, -0.2) is 0 Å². The molecule has 5 heteroatoms. The lowest BCUT2D eigenvalue weighted by molar-refractivity contribution is 0.264. The summed E-state index contributed by atoms with van der Waals surface area (Å²) in [6, 6.07) is 22.7. The number of benzene rings is 4. The van der Waals surface area contributed by atoms with Crippen molar-refractivity contribution in [2.24, 2.45) is 0 Å². The smallest absolute Gasteiger partial charge is 0.143 e. The molecule has 0 spiro atoms. The van der Waals surface area contributed by atoms with Crippen LogP contribution in [0.1, 0.15) is 0 Å². The molecule has 2 fully saturated rings.